The molecule has 86 valence electrons. The molecule has 0 aromatic rings. The van der Waals surface area contributed by atoms with Crippen LogP contribution in [0.2, 0.25) is 0 Å². The van der Waals surface area contributed by atoms with Crippen molar-refractivity contribution in [3.05, 3.63) is 0 Å². The van der Waals surface area contributed by atoms with Crippen LogP contribution in [0.4, 0.5) is 0 Å². The van der Waals surface area contributed by atoms with Gasteiger partial charge in [0.15, 0.2) is 0 Å². The van der Waals surface area contributed by atoms with E-state index >= 15 is 0 Å². The molecule has 0 spiro atoms. The fraction of sp³-hybridized carbons (Fsp3) is 1.00. The summed E-state index contributed by atoms with van der Waals surface area (Å²) in [6.45, 7) is 5.00. The van der Waals surface area contributed by atoms with Crippen LogP contribution in [0.25, 0.3) is 0 Å². The van der Waals surface area contributed by atoms with Crippen LogP contribution < -0.4 is 11.3 Å². The summed E-state index contributed by atoms with van der Waals surface area (Å²) >= 11 is 0. The van der Waals surface area contributed by atoms with Crippen molar-refractivity contribution in [1.29, 1.82) is 0 Å². The van der Waals surface area contributed by atoms with Crippen molar-refractivity contribution in [3.8, 4) is 0 Å². The SMILES string of the molecule is CCC(CC)(C(COC)NN)N(C)C. The highest BCUT2D eigenvalue weighted by Gasteiger charge is 2.37. The van der Waals surface area contributed by atoms with Crippen molar-refractivity contribution < 1.29 is 4.74 Å². The Morgan fingerprint density at radius 2 is 1.86 bits per heavy atom. The molecule has 0 heterocycles. The summed E-state index contributed by atoms with van der Waals surface area (Å²) in [4.78, 5) is 2.23. The second kappa shape index (κ2) is 6.35. The van der Waals surface area contributed by atoms with Gasteiger partial charge in [-0.1, -0.05) is 13.8 Å². The second-order valence-corrected chi connectivity index (χ2v) is 3.88. The number of rotatable bonds is 7. The van der Waals surface area contributed by atoms with E-state index < -0.39 is 0 Å². The normalized spacial score (nSPS) is 14.8. The van der Waals surface area contributed by atoms with Gasteiger partial charge in [-0.3, -0.25) is 11.3 Å². The summed E-state index contributed by atoms with van der Waals surface area (Å²) in [5.74, 6) is 5.58. The van der Waals surface area contributed by atoms with Gasteiger partial charge >= 0.3 is 0 Å². The lowest BCUT2D eigenvalue weighted by molar-refractivity contribution is 0.0412. The predicted octanol–water partition coefficient (Wildman–Crippen LogP) is 0.585. The van der Waals surface area contributed by atoms with Crippen LogP contribution in [0.5, 0.6) is 0 Å². The van der Waals surface area contributed by atoms with E-state index in [4.69, 9.17) is 10.6 Å². The minimum Gasteiger partial charge on any atom is -0.383 e. The maximum absolute atomic E-state index is 5.58. The van der Waals surface area contributed by atoms with Crippen LogP contribution in [0.3, 0.4) is 0 Å². The van der Waals surface area contributed by atoms with Crippen LogP contribution in [0.15, 0.2) is 0 Å². The standard InChI is InChI=1S/C10H25N3O/c1-6-10(7-2,13(3)4)9(12-11)8-14-5/h9,12H,6-8,11H2,1-5H3. The number of hydrogen-bond donors (Lipinski definition) is 2. The van der Waals surface area contributed by atoms with Gasteiger partial charge in [-0.05, 0) is 26.9 Å². The van der Waals surface area contributed by atoms with Gasteiger partial charge in [0.25, 0.3) is 0 Å². The quantitative estimate of drug-likeness (QED) is 0.469. The second-order valence-electron chi connectivity index (χ2n) is 3.88. The molecule has 4 heteroatoms. The Morgan fingerprint density at radius 3 is 2.07 bits per heavy atom. The van der Waals surface area contributed by atoms with Gasteiger partial charge in [0.1, 0.15) is 0 Å². The maximum atomic E-state index is 5.58. The summed E-state index contributed by atoms with van der Waals surface area (Å²) in [5.41, 5.74) is 2.93. The molecule has 14 heavy (non-hydrogen) atoms. The molecule has 0 aliphatic heterocycles. The first-order valence-electron chi connectivity index (χ1n) is 5.21. The molecule has 0 radical (unpaired) electrons. The molecule has 0 aliphatic rings. The van der Waals surface area contributed by atoms with Crippen molar-refractivity contribution in [3.63, 3.8) is 0 Å². The third kappa shape index (κ3) is 2.67. The van der Waals surface area contributed by atoms with Gasteiger partial charge in [0.2, 0.25) is 0 Å². The molecule has 0 bridgehead atoms. The fourth-order valence-electron chi connectivity index (χ4n) is 2.21. The molecule has 0 aliphatic carbocycles. The minimum atomic E-state index is 0.0742. The van der Waals surface area contributed by atoms with Gasteiger partial charge in [-0.15, -0.1) is 0 Å². The van der Waals surface area contributed by atoms with Crippen molar-refractivity contribution in [1.82, 2.24) is 10.3 Å². The Hall–Kier alpha value is -0.160. The highest BCUT2D eigenvalue weighted by atomic mass is 16.5. The molecule has 3 N–H and O–H groups in total. The monoisotopic (exact) mass is 203 g/mol. The molecule has 1 unspecified atom stereocenters. The zero-order valence-corrected chi connectivity index (χ0v) is 10.1. The number of ether oxygens (including phenoxy) is 1. The Labute approximate surface area is 87.8 Å². The van der Waals surface area contributed by atoms with E-state index in [1.54, 1.807) is 7.11 Å². The lowest BCUT2D eigenvalue weighted by Crippen LogP contribution is -2.61. The number of nitrogens with zero attached hydrogens (tertiary/aromatic N) is 1. The van der Waals surface area contributed by atoms with E-state index in [-0.39, 0.29) is 11.6 Å². The van der Waals surface area contributed by atoms with Crippen molar-refractivity contribution in [2.45, 2.75) is 38.3 Å². The average Bonchev–Trinajstić information content (AvgIpc) is 2.18. The number of hydrazine groups is 1. The van der Waals surface area contributed by atoms with E-state index in [0.29, 0.717) is 6.61 Å². The van der Waals surface area contributed by atoms with Crippen LogP contribution in [0, 0.1) is 0 Å². The Bertz CT molecular complexity index is 146. The smallest absolute Gasteiger partial charge is 0.0647 e. The fourth-order valence-corrected chi connectivity index (χ4v) is 2.21. The molecular formula is C10H25N3O. The summed E-state index contributed by atoms with van der Waals surface area (Å²) < 4.78 is 5.19. The average molecular weight is 203 g/mol. The number of methoxy groups -OCH3 is 1. The van der Waals surface area contributed by atoms with E-state index in [9.17, 15) is 0 Å². The summed E-state index contributed by atoms with van der Waals surface area (Å²) in [7, 11) is 5.88. The summed E-state index contributed by atoms with van der Waals surface area (Å²) in [6, 6.07) is 0.164. The molecule has 4 nitrogen and oxygen atoms in total. The van der Waals surface area contributed by atoms with Crippen molar-refractivity contribution in [2.75, 3.05) is 27.8 Å². The van der Waals surface area contributed by atoms with E-state index in [1.165, 1.54) is 0 Å². The number of nitrogens with one attached hydrogen (secondary N) is 1. The Kier molecular flexibility index (Phi) is 6.27. The minimum absolute atomic E-state index is 0.0742. The summed E-state index contributed by atoms with van der Waals surface area (Å²) in [6.07, 6.45) is 2.10. The molecule has 1 atom stereocenters. The molecule has 0 fully saturated rings. The van der Waals surface area contributed by atoms with Gasteiger partial charge in [0, 0.05) is 12.6 Å². The largest absolute Gasteiger partial charge is 0.383 e. The molecule has 0 saturated heterocycles. The van der Waals surface area contributed by atoms with Crippen LogP contribution in [0.1, 0.15) is 26.7 Å². The Morgan fingerprint density at radius 1 is 1.36 bits per heavy atom. The molecule has 0 aromatic heterocycles. The first-order chi connectivity index (χ1) is 6.58. The third-order valence-corrected chi connectivity index (χ3v) is 3.30. The zero-order valence-electron chi connectivity index (χ0n) is 10.1. The van der Waals surface area contributed by atoms with Gasteiger partial charge < -0.3 is 9.64 Å². The highest BCUT2D eigenvalue weighted by molar-refractivity contribution is 4.96. The van der Waals surface area contributed by atoms with Gasteiger partial charge in [0.05, 0.1) is 12.6 Å². The molecule has 0 aromatic carbocycles. The van der Waals surface area contributed by atoms with Crippen LogP contribution in [-0.2, 0) is 4.74 Å². The van der Waals surface area contributed by atoms with E-state index in [2.05, 4.69) is 38.3 Å². The molecule has 0 amide bonds. The molecule has 0 saturated carbocycles. The first-order valence-corrected chi connectivity index (χ1v) is 5.21. The molecule has 0 rings (SSSR count). The Balaban J connectivity index is 4.73. The summed E-state index contributed by atoms with van der Waals surface area (Å²) in [5, 5.41) is 0. The van der Waals surface area contributed by atoms with E-state index in [1.807, 2.05) is 0 Å². The topological polar surface area (TPSA) is 50.5 Å². The van der Waals surface area contributed by atoms with Crippen LogP contribution >= 0.6 is 0 Å². The maximum Gasteiger partial charge on any atom is 0.0647 e. The predicted molar refractivity (Wildman–Crippen MR) is 60.0 cm³/mol. The van der Waals surface area contributed by atoms with Gasteiger partial charge in [-0.2, -0.15) is 0 Å². The zero-order chi connectivity index (χ0) is 11.2. The number of nitrogens with two attached hydrogens (primary N) is 1. The van der Waals surface area contributed by atoms with Crippen LogP contribution in [-0.4, -0.2) is 44.3 Å². The molecular weight excluding hydrogens is 178 g/mol. The highest BCUT2D eigenvalue weighted by Crippen LogP contribution is 2.25. The third-order valence-electron chi connectivity index (χ3n) is 3.30. The first kappa shape index (κ1) is 13.8. The van der Waals surface area contributed by atoms with Gasteiger partial charge in [-0.25, -0.2) is 0 Å². The lowest BCUT2D eigenvalue weighted by atomic mass is 9.84. The lowest BCUT2D eigenvalue weighted by Gasteiger charge is -2.44. The van der Waals surface area contributed by atoms with Crippen molar-refractivity contribution >= 4 is 0 Å². The number of hydrogen-bond acceptors (Lipinski definition) is 4. The number of likely N-dealkylation sites (N-methyl/N-ethyl adjacent to an activating group) is 1. The van der Waals surface area contributed by atoms with E-state index in [0.717, 1.165) is 12.8 Å². The van der Waals surface area contributed by atoms with Crippen molar-refractivity contribution in [2.24, 2.45) is 5.84 Å².